The summed E-state index contributed by atoms with van der Waals surface area (Å²) in [5.74, 6) is 0.981. The second kappa shape index (κ2) is 7.51. The molecule has 0 radical (unpaired) electrons. The lowest BCUT2D eigenvalue weighted by Crippen LogP contribution is -2.40. The van der Waals surface area contributed by atoms with Crippen LogP contribution in [0.15, 0.2) is 35.6 Å². The van der Waals surface area contributed by atoms with Gasteiger partial charge in [0.2, 0.25) is 0 Å². The minimum absolute atomic E-state index is 0. The van der Waals surface area contributed by atoms with E-state index in [9.17, 15) is 0 Å². The number of hydrogen-bond acceptors (Lipinski definition) is 2. The fraction of sp³-hybridized carbons (Fsp3) is 0.529. The van der Waals surface area contributed by atoms with Crippen molar-refractivity contribution in [3.05, 3.63) is 36.3 Å². The molecule has 0 aromatic carbocycles. The second-order valence-electron chi connectivity index (χ2n) is 6.43. The standard InChI is InChI=1S/C17H25N5.HI/c1-4-17(2)8-10-22(13-17)16(18-3)19-11-14-12-21-9-6-5-7-15(21)20-14;/h5-7,9,12H,4,8,10-11,13H2,1-3H3,(H,18,19);1H. The monoisotopic (exact) mass is 427 g/mol. The summed E-state index contributed by atoms with van der Waals surface area (Å²) < 4.78 is 2.05. The van der Waals surface area contributed by atoms with Crippen LogP contribution in [0.1, 0.15) is 32.4 Å². The molecule has 3 rings (SSSR count). The molecule has 126 valence electrons. The molecule has 1 unspecified atom stereocenters. The summed E-state index contributed by atoms with van der Waals surface area (Å²) >= 11 is 0. The lowest BCUT2D eigenvalue weighted by molar-refractivity contribution is 0.322. The van der Waals surface area contributed by atoms with Crippen LogP contribution in [-0.4, -0.2) is 40.4 Å². The smallest absolute Gasteiger partial charge is 0.193 e. The summed E-state index contributed by atoms with van der Waals surface area (Å²) in [5, 5.41) is 3.45. The van der Waals surface area contributed by atoms with Crippen LogP contribution in [-0.2, 0) is 6.54 Å². The average Bonchev–Trinajstić information content (AvgIpc) is 3.12. The van der Waals surface area contributed by atoms with E-state index in [1.165, 1.54) is 12.8 Å². The molecule has 1 atom stereocenters. The van der Waals surface area contributed by atoms with Crippen LogP contribution in [0.5, 0.6) is 0 Å². The second-order valence-corrected chi connectivity index (χ2v) is 6.43. The van der Waals surface area contributed by atoms with Crippen molar-refractivity contribution in [3.8, 4) is 0 Å². The molecule has 0 aliphatic carbocycles. The third kappa shape index (κ3) is 3.97. The first-order valence-electron chi connectivity index (χ1n) is 8.02. The van der Waals surface area contributed by atoms with Crippen LogP contribution in [0.2, 0.25) is 0 Å². The van der Waals surface area contributed by atoms with Gasteiger partial charge in [0.25, 0.3) is 0 Å². The van der Waals surface area contributed by atoms with Crippen molar-refractivity contribution in [2.75, 3.05) is 20.1 Å². The molecule has 0 saturated carbocycles. The highest BCUT2D eigenvalue weighted by molar-refractivity contribution is 14.0. The molecule has 1 fully saturated rings. The number of aliphatic imine (C=N–C) groups is 1. The lowest BCUT2D eigenvalue weighted by atomic mass is 9.87. The molecule has 2 aromatic heterocycles. The number of rotatable bonds is 3. The zero-order valence-corrected chi connectivity index (χ0v) is 16.4. The molecule has 6 heteroatoms. The number of aromatic nitrogens is 2. The van der Waals surface area contributed by atoms with Crippen LogP contribution in [0.4, 0.5) is 0 Å². The van der Waals surface area contributed by atoms with E-state index < -0.39 is 0 Å². The van der Waals surface area contributed by atoms with Gasteiger partial charge in [-0.1, -0.05) is 19.9 Å². The Morgan fingerprint density at radius 3 is 2.91 bits per heavy atom. The van der Waals surface area contributed by atoms with Crippen LogP contribution < -0.4 is 5.32 Å². The number of likely N-dealkylation sites (tertiary alicyclic amines) is 1. The predicted octanol–water partition coefficient (Wildman–Crippen LogP) is 3.15. The molecule has 3 heterocycles. The van der Waals surface area contributed by atoms with Gasteiger partial charge in [0.05, 0.1) is 12.2 Å². The Kier molecular flexibility index (Phi) is 5.89. The maximum Gasteiger partial charge on any atom is 0.193 e. The normalized spacial score (nSPS) is 21.5. The molecule has 0 amide bonds. The van der Waals surface area contributed by atoms with Gasteiger partial charge in [-0.05, 0) is 30.4 Å². The molecule has 1 aliphatic rings. The first-order chi connectivity index (χ1) is 10.6. The number of guanidine groups is 1. The van der Waals surface area contributed by atoms with E-state index >= 15 is 0 Å². The first kappa shape index (κ1) is 18.0. The van der Waals surface area contributed by atoms with Gasteiger partial charge in [-0.15, -0.1) is 24.0 Å². The van der Waals surface area contributed by atoms with Crippen molar-refractivity contribution >= 4 is 35.6 Å². The minimum Gasteiger partial charge on any atom is -0.351 e. The quantitative estimate of drug-likeness (QED) is 0.465. The van der Waals surface area contributed by atoms with Crippen molar-refractivity contribution in [2.24, 2.45) is 10.4 Å². The van der Waals surface area contributed by atoms with Gasteiger partial charge in [-0.25, -0.2) is 4.98 Å². The maximum absolute atomic E-state index is 4.62. The molecule has 5 nitrogen and oxygen atoms in total. The number of nitrogens with one attached hydrogen (secondary N) is 1. The van der Waals surface area contributed by atoms with Gasteiger partial charge in [0.15, 0.2) is 5.96 Å². The van der Waals surface area contributed by atoms with Gasteiger partial charge in [0.1, 0.15) is 5.65 Å². The Bertz CT molecular complexity index is 647. The van der Waals surface area contributed by atoms with Gasteiger partial charge in [-0.2, -0.15) is 0 Å². The van der Waals surface area contributed by atoms with E-state index in [-0.39, 0.29) is 24.0 Å². The molecular formula is C17H26IN5. The molecular weight excluding hydrogens is 401 g/mol. The molecule has 23 heavy (non-hydrogen) atoms. The highest BCUT2D eigenvalue weighted by atomic mass is 127. The largest absolute Gasteiger partial charge is 0.351 e. The van der Waals surface area contributed by atoms with Crippen molar-refractivity contribution < 1.29 is 0 Å². The molecule has 0 bridgehead atoms. The maximum atomic E-state index is 4.62. The number of nitrogens with zero attached hydrogens (tertiary/aromatic N) is 4. The fourth-order valence-electron chi connectivity index (χ4n) is 3.07. The highest BCUT2D eigenvalue weighted by Gasteiger charge is 2.33. The number of pyridine rings is 1. The van der Waals surface area contributed by atoms with Gasteiger partial charge < -0.3 is 14.6 Å². The Labute approximate surface area is 155 Å². The summed E-state index contributed by atoms with van der Waals surface area (Å²) in [5.41, 5.74) is 2.43. The van der Waals surface area contributed by atoms with E-state index in [0.717, 1.165) is 30.4 Å². The summed E-state index contributed by atoms with van der Waals surface area (Å²) in [4.78, 5) is 11.4. The van der Waals surface area contributed by atoms with E-state index in [4.69, 9.17) is 0 Å². The summed E-state index contributed by atoms with van der Waals surface area (Å²) in [6.07, 6.45) is 6.54. The zero-order valence-electron chi connectivity index (χ0n) is 14.1. The van der Waals surface area contributed by atoms with Crippen molar-refractivity contribution in [2.45, 2.75) is 33.2 Å². The third-order valence-corrected chi connectivity index (χ3v) is 4.76. The topological polar surface area (TPSA) is 44.9 Å². The van der Waals surface area contributed by atoms with Gasteiger partial charge in [-0.3, -0.25) is 4.99 Å². The Balaban J connectivity index is 0.00000192. The number of fused-ring (bicyclic) bond motifs is 1. The minimum atomic E-state index is 0. The zero-order chi connectivity index (χ0) is 15.6. The Morgan fingerprint density at radius 1 is 1.43 bits per heavy atom. The van der Waals surface area contributed by atoms with Crippen molar-refractivity contribution in [3.63, 3.8) is 0 Å². The van der Waals surface area contributed by atoms with E-state index in [2.05, 4.69) is 40.2 Å². The van der Waals surface area contributed by atoms with Gasteiger partial charge in [0, 0.05) is 32.5 Å². The van der Waals surface area contributed by atoms with Crippen molar-refractivity contribution in [1.29, 1.82) is 0 Å². The molecule has 1 N–H and O–H groups in total. The number of hydrogen-bond donors (Lipinski definition) is 1. The molecule has 2 aromatic rings. The average molecular weight is 427 g/mol. The SMILES string of the molecule is CCC1(C)CCN(C(=NC)NCc2cn3ccccc3n2)C1.I. The van der Waals surface area contributed by atoms with Crippen molar-refractivity contribution in [1.82, 2.24) is 19.6 Å². The van der Waals surface area contributed by atoms with Crippen LogP contribution in [0, 0.1) is 5.41 Å². The fourth-order valence-corrected chi connectivity index (χ4v) is 3.07. The predicted molar refractivity (Wildman–Crippen MR) is 105 cm³/mol. The molecule has 0 spiro atoms. The van der Waals surface area contributed by atoms with E-state index in [1.54, 1.807) is 0 Å². The molecule has 1 saturated heterocycles. The lowest BCUT2D eigenvalue weighted by Gasteiger charge is -2.25. The Morgan fingerprint density at radius 2 is 2.26 bits per heavy atom. The summed E-state index contributed by atoms with van der Waals surface area (Å²) in [7, 11) is 1.85. The van der Waals surface area contributed by atoms with E-state index in [1.807, 2.05) is 35.8 Å². The van der Waals surface area contributed by atoms with E-state index in [0.29, 0.717) is 12.0 Å². The molecule has 1 aliphatic heterocycles. The van der Waals surface area contributed by atoms with Crippen LogP contribution in [0.25, 0.3) is 5.65 Å². The highest BCUT2D eigenvalue weighted by Crippen LogP contribution is 2.32. The first-order valence-corrected chi connectivity index (χ1v) is 8.02. The third-order valence-electron chi connectivity index (χ3n) is 4.76. The van der Waals surface area contributed by atoms with Crippen LogP contribution >= 0.6 is 24.0 Å². The summed E-state index contributed by atoms with van der Waals surface area (Å²) in [6, 6.07) is 6.04. The number of halogens is 1. The number of imidazole rings is 1. The van der Waals surface area contributed by atoms with Gasteiger partial charge >= 0.3 is 0 Å². The van der Waals surface area contributed by atoms with Crippen LogP contribution in [0.3, 0.4) is 0 Å². The Hall–Kier alpha value is -1.31. The summed E-state index contributed by atoms with van der Waals surface area (Å²) in [6.45, 7) is 7.50.